The number of β-amino-alcohol motifs (C(OH)–C–C–N with tert-alkyl or cyclic N) is 1. The number of carbonyl (C=O) groups excluding carboxylic acids is 1. The molecule has 4 rings (SSSR count). The second-order valence-electron chi connectivity index (χ2n) is 9.99. The summed E-state index contributed by atoms with van der Waals surface area (Å²) in [7, 11) is 0. The predicted octanol–water partition coefficient (Wildman–Crippen LogP) is 5.96. The van der Waals surface area contributed by atoms with E-state index in [2.05, 4.69) is 0 Å². The zero-order valence-corrected chi connectivity index (χ0v) is 20.5. The second-order valence-corrected chi connectivity index (χ2v) is 9.99. The summed E-state index contributed by atoms with van der Waals surface area (Å²) in [4.78, 5) is 15.0. The number of aldehydes is 1. The third-order valence-electron chi connectivity index (χ3n) is 6.86. The van der Waals surface area contributed by atoms with E-state index in [-0.39, 0.29) is 24.4 Å². The molecule has 9 heteroatoms. The van der Waals surface area contributed by atoms with E-state index in [1.165, 1.54) is 18.7 Å². The third-order valence-corrected chi connectivity index (χ3v) is 6.86. The average molecular weight is 517 g/mol. The lowest BCUT2D eigenvalue weighted by molar-refractivity contribution is -0.262. The number of aliphatic hydroxyl groups is 1. The number of nitrogens with zero attached hydrogens (tertiary/aromatic N) is 2. The number of para-hydroxylation sites is 3. The number of rotatable bonds is 7. The van der Waals surface area contributed by atoms with Crippen LogP contribution in [0.25, 0.3) is 0 Å². The lowest BCUT2D eigenvalue weighted by atomic mass is 9.74. The van der Waals surface area contributed by atoms with Gasteiger partial charge in [-0.1, -0.05) is 38.1 Å². The number of phenols is 1. The molecule has 0 radical (unpaired) electrons. The zero-order valence-electron chi connectivity index (χ0n) is 20.5. The molecule has 1 atom stereocenters. The van der Waals surface area contributed by atoms with Gasteiger partial charge < -0.3 is 20.0 Å². The molecule has 37 heavy (non-hydrogen) atoms. The van der Waals surface area contributed by atoms with Crippen molar-refractivity contribution in [1.29, 1.82) is 0 Å². The summed E-state index contributed by atoms with van der Waals surface area (Å²) in [5, 5.41) is 21.4. The number of halogens is 4. The molecule has 0 amide bonds. The van der Waals surface area contributed by atoms with Crippen molar-refractivity contribution in [1.82, 2.24) is 0 Å². The Labute approximate surface area is 212 Å². The van der Waals surface area contributed by atoms with Crippen molar-refractivity contribution in [3.63, 3.8) is 0 Å². The van der Waals surface area contributed by atoms with Crippen LogP contribution in [0.2, 0.25) is 0 Å². The summed E-state index contributed by atoms with van der Waals surface area (Å²) >= 11 is 0. The van der Waals surface area contributed by atoms with Gasteiger partial charge in [0.2, 0.25) is 0 Å². The molecule has 0 saturated heterocycles. The van der Waals surface area contributed by atoms with Gasteiger partial charge in [-0.2, -0.15) is 13.2 Å². The molecule has 0 aliphatic carbocycles. The summed E-state index contributed by atoms with van der Waals surface area (Å²) in [6, 6.07) is 16.9. The molecule has 3 aromatic carbocycles. The number of aromatic hydroxyl groups is 1. The van der Waals surface area contributed by atoms with Gasteiger partial charge in [0.1, 0.15) is 11.6 Å². The van der Waals surface area contributed by atoms with Gasteiger partial charge in [0.05, 0.1) is 23.6 Å². The van der Waals surface area contributed by atoms with Crippen LogP contribution in [0, 0.1) is 5.82 Å². The number of benzene rings is 3. The molecule has 0 bridgehead atoms. The molecule has 1 aliphatic rings. The largest absolute Gasteiger partial charge is 0.508 e. The van der Waals surface area contributed by atoms with Crippen molar-refractivity contribution < 1.29 is 32.6 Å². The van der Waals surface area contributed by atoms with E-state index < -0.39 is 36.0 Å². The SMILES string of the molecule is CC(C)(CC(O)(CN1CCN(c2ccccc2C=O)c2ccccc21)C(F)(F)F)c1cc(F)ccc1O. The van der Waals surface area contributed by atoms with Gasteiger partial charge in [-0.25, -0.2) is 4.39 Å². The van der Waals surface area contributed by atoms with Crippen LogP contribution in [-0.2, 0) is 5.41 Å². The highest BCUT2D eigenvalue weighted by Gasteiger charge is 2.57. The quantitative estimate of drug-likeness (QED) is 0.300. The first-order valence-corrected chi connectivity index (χ1v) is 11.8. The number of anilines is 3. The normalized spacial score (nSPS) is 15.8. The van der Waals surface area contributed by atoms with E-state index in [1.807, 2.05) is 4.90 Å². The van der Waals surface area contributed by atoms with Gasteiger partial charge in [-0.15, -0.1) is 0 Å². The van der Waals surface area contributed by atoms with E-state index in [1.54, 1.807) is 48.5 Å². The molecule has 0 spiro atoms. The summed E-state index contributed by atoms with van der Waals surface area (Å²) in [6.45, 7) is 2.52. The Morgan fingerprint density at radius 1 is 0.919 bits per heavy atom. The number of hydrogen-bond acceptors (Lipinski definition) is 5. The van der Waals surface area contributed by atoms with Crippen LogP contribution >= 0.6 is 0 Å². The van der Waals surface area contributed by atoms with Crippen LogP contribution in [0.5, 0.6) is 5.75 Å². The maximum absolute atomic E-state index is 14.4. The molecule has 0 saturated carbocycles. The summed E-state index contributed by atoms with van der Waals surface area (Å²) in [5.41, 5.74) is -2.44. The minimum atomic E-state index is -5.01. The Hall–Kier alpha value is -3.59. The summed E-state index contributed by atoms with van der Waals surface area (Å²) in [5.74, 6) is -1.04. The van der Waals surface area contributed by atoms with Gasteiger partial charge in [-0.05, 0) is 54.3 Å². The molecule has 1 heterocycles. The Morgan fingerprint density at radius 3 is 2.19 bits per heavy atom. The third kappa shape index (κ3) is 5.13. The van der Waals surface area contributed by atoms with Crippen molar-refractivity contribution in [2.24, 2.45) is 0 Å². The van der Waals surface area contributed by atoms with Gasteiger partial charge >= 0.3 is 6.18 Å². The highest BCUT2D eigenvalue weighted by atomic mass is 19.4. The minimum absolute atomic E-state index is 0.0223. The van der Waals surface area contributed by atoms with Crippen LogP contribution in [0.4, 0.5) is 34.6 Å². The first-order valence-electron chi connectivity index (χ1n) is 11.8. The molecule has 196 valence electrons. The van der Waals surface area contributed by atoms with E-state index >= 15 is 0 Å². The minimum Gasteiger partial charge on any atom is -0.508 e. The number of fused-ring (bicyclic) bond motifs is 1. The van der Waals surface area contributed by atoms with Crippen LogP contribution in [0.15, 0.2) is 66.7 Å². The topological polar surface area (TPSA) is 64.0 Å². The molecule has 0 fully saturated rings. The maximum atomic E-state index is 14.4. The molecule has 2 N–H and O–H groups in total. The van der Waals surface area contributed by atoms with Crippen molar-refractivity contribution in [3.05, 3.63) is 83.7 Å². The summed E-state index contributed by atoms with van der Waals surface area (Å²) in [6.07, 6.45) is -5.09. The highest BCUT2D eigenvalue weighted by Crippen LogP contribution is 2.46. The van der Waals surface area contributed by atoms with E-state index in [0.29, 0.717) is 22.6 Å². The predicted molar refractivity (Wildman–Crippen MR) is 134 cm³/mol. The zero-order chi connectivity index (χ0) is 27.0. The van der Waals surface area contributed by atoms with Gasteiger partial charge in [0.15, 0.2) is 11.9 Å². The van der Waals surface area contributed by atoms with E-state index in [9.17, 15) is 32.6 Å². The van der Waals surface area contributed by atoms with Gasteiger partial charge in [-0.3, -0.25) is 4.79 Å². The molecule has 0 aromatic heterocycles. The Kier molecular flexibility index (Phi) is 6.94. The smallest absolute Gasteiger partial charge is 0.418 e. The maximum Gasteiger partial charge on any atom is 0.418 e. The molecular weight excluding hydrogens is 488 g/mol. The number of alkyl halides is 3. The summed E-state index contributed by atoms with van der Waals surface area (Å²) < 4.78 is 57.2. The fourth-order valence-corrected chi connectivity index (χ4v) is 5.11. The lowest BCUT2D eigenvalue weighted by Crippen LogP contribution is -2.58. The van der Waals surface area contributed by atoms with Crippen LogP contribution in [0.1, 0.15) is 36.2 Å². The number of carbonyl (C=O) groups is 1. The average Bonchev–Trinajstić information content (AvgIpc) is 2.84. The molecule has 1 unspecified atom stereocenters. The highest BCUT2D eigenvalue weighted by molar-refractivity contribution is 5.89. The van der Waals surface area contributed by atoms with Crippen LogP contribution < -0.4 is 9.80 Å². The fourth-order valence-electron chi connectivity index (χ4n) is 5.11. The first-order chi connectivity index (χ1) is 17.4. The second kappa shape index (κ2) is 9.70. The molecule has 5 nitrogen and oxygen atoms in total. The Balaban J connectivity index is 1.70. The van der Waals surface area contributed by atoms with Crippen molar-refractivity contribution in [2.75, 3.05) is 29.4 Å². The van der Waals surface area contributed by atoms with Crippen LogP contribution in [-0.4, -0.2) is 47.9 Å². The van der Waals surface area contributed by atoms with Crippen molar-refractivity contribution in [2.45, 2.75) is 37.5 Å². The molecular formula is C28H28F4N2O3. The van der Waals surface area contributed by atoms with Crippen LogP contribution in [0.3, 0.4) is 0 Å². The van der Waals surface area contributed by atoms with Gasteiger partial charge in [0, 0.05) is 24.2 Å². The molecule has 1 aliphatic heterocycles. The van der Waals surface area contributed by atoms with Gasteiger partial charge in [0.25, 0.3) is 0 Å². The number of hydrogen-bond donors (Lipinski definition) is 2. The standard InChI is InChI=1S/C28H28F4N2O3/c1-26(2,21-15-20(29)11-12-25(21)36)17-27(37,28(30,31)32)18-33-13-14-34(24-10-6-5-9-23(24)33)22-8-4-3-7-19(22)16-35/h3-12,15-16,36-37H,13-14,17-18H2,1-2H3. The van der Waals surface area contributed by atoms with Crippen molar-refractivity contribution >= 4 is 23.3 Å². The Bertz CT molecular complexity index is 1290. The van der Waals surface area contributed by atoms with E-state index in [4.69, 9.17) is 0 Å². The van der Waals surface area contributed by atoms with Crippen molar-refractivity contribution in [3.8, 4) is 5.75 Å². The monoisotopic (exact) mass is 516 g/mol. The number of phenolic OH excluding ortho intramolecular Hbond substituents is 1. The first kappa shape index (κ1) is 26.5. The molecule has 3 aromatic rings. The van der Waals surface area contributed by atoms with E-state index in [0.717, 1.165) is 24.5 Å². The Morgan fingerprint density at radius 2 is 1.54 bits per heavy atom. The lowest BCUT2D eigenvalue weighted by Gasteiger charge is -2.45. The fraction of sp³-hybridized carbons (Fsp3) is 0.321.